The molecular formula is C27H27N7O2. The SMILES string of the molecule is C=C(C)C(=O)Nc1ccc(-c2c(-c3ccc(C(=O)N4CCCC4)cn3)c3c(N)ncnc3n2C)cc1. The van der Waals surface area contributed by atoms with Crippen LogP contribution < -0.4 is 11.1 Å². The van der Waals surface area contributed by atoms with Gasteiger partial charge in [0.15, 0.2) is 0 Å². The zero-order chi connectivity index (χ0) is 25.4. The molecule has 3 aromatic heterocycles. The summed E-state index contributed by atoms with van der Waals surface area (Å²) in [6, 6.07) is 11.1. The van der Waals surface area contributed by atoms with Crippen LogP contribution in [-0.4, -0.2) is 49.3 Å². The Bertz CT molecular complexity index is 1480. The number of benzene rings is 1. The number of carbonyl (C=O) groups excluding carboxylic acids is 2. The molecule has 3 N–H and O–H groups in total. The van der Waals surface area contributed by atoms with Crippen molar-refractivity contribution in [1.29, 1.82) is 0 Å². The van der Waals surface area contributed by atoms with Gasteiger partial charge in [-0.1, -0.05) is 18.7 Å². The van der Waals surface area contributed by atoms with Crippen LogP contribution in [0.5, 0.6) is 0 Å². The zero-order valence-corrected chi connectivity index (χ0v) is 20.3. The monoisotopic (exact) mass is 481 g/mol. The van der Waals surface area contributed by atoms with E-state index in [1.165, 1.54) is 6.33 Å². The first-order chi connectivity index (χ1) is 17.3. The highest BCUT2D eigenvalue weighted by Gasteiger charge is 2.24. The predicted octanol–water partition coefficient (Wildman–Crippen LogP) is 4.03. The Morgan fingerprint density at radius 3 is 2.39 bits per heavy atom. The summed E-state index contributed by atoms with van der Waals surface area (Å²) in [4.78, 5) is 40.0. The van der Waals surface area contributed by atoms with E-state index in [4.69, 9.17) is 5.73 Å². The van der Waals surface area contributed by atoms with Crippen molar-refractivity contribution in [1.82, 2.24) is 24.4 Å². The highest BCUT2D eigenvalue weighted by molar-refractivity contribution is 6.07. The normalized spacial score (nSPS) is 13.2. The summed E-state index contributed by atoms with van der Waals surface area (Å²) in [5, 5.41) is 3.52. The molecule has 36 heavy (non-hydrogen) atoms. The van der Waals surface area contributed by atoms with E-state index in [0.717, 1.165) is 42.8 Å². The van der Waals surface area contributed by atoms with Crippen LogP contribution in [-0.2, 0) is 11.8 Å². The second-order valence-electron chi connectivity index (χ2n) is 8.98. The summed E-state index contributed by atoms with van der Waals surface area (Å²) in [6.07, 6.45) is 5.12. The van der Waals surface area contributed by atoms with Crippen molar-refractivity contribution in [2.75, 3.05) is 24.1 Å². The van der Waals surface area contributed by atoms with Gasteiger partial charge in [-0.15, -0.1) is 0 Å². The number of amides is 2. The van der Waals surface area contributed by atoms with Gasteiger partial charge in [0.05, 0.1) is 22.3 Å². The second-order valence-corrected chi connectivity index (χ2v) is 8.98. The molecule has 1 aromatic carbocycles. The third-order valence-electron chi connectivity index (χ3n) is 6.46. The van der Waals surface area contributed by atoms with E-state index in [-0.39, 0.29) is 11.8 Å². The summed E-state index contributed by atoms with van der Waals surface area (Å²) in [5.74, 6) is 0.116. The molecule has 0 radical (unpaired) electrons. The molecule has 0 spiro atoms. The minimum Gasteiger partial charge on any atom is -0.383 e. The van der Waals surface area contributed by atoms with Crippen LogP contribution in [0, 0.1) is 0 Å². The van der Waals surface area contributed by atoms with Crippen LogP contribution in [0.15, 0.2) is 61.1 Å². The lowest BCUT2D eigenvalue weighted by Gasteiger charge is -2.15. The van der Waals surface area contributed by atoms with Crippen molar-refractivity contribution in [2.24, 2.45) is 7.05 Å². The van der Waals surface area contributed by atoms with Gasteiger partial charge in [-0.3, -0.25) is 14.6 Å². The molecule has 9 heteroatoms. The zero-order valence-electron chi connectivity index (χ0n) is 20.3. The standard InChI is InChI=1S/C27H27N7O2/c1-16(2)26(35)32-19-9-6-17(7-10-19)23-21(22-24(28)30-15-31-25(22)33(23)3)20-11-8-18(14-29-20)27(36)34-12-4-5-13-34/h6-11,14-15H,1,4-5,12-13H2,2-3H3,(H,32,35)(H2,28,30,31). The topological polar surface area (TPSA) is 119 Å². The van der Waals surface area contributed by atoms with Gasteiger partial charge < -0.3 is 20.5 Å². The minimum absolute atomic E-state index is 0.0000581. The van der Waals surface area contributed by atoms with Crippen LogP contribution in [0.1, 0.15) is 30.1 Å². The van der Waals surface area contributed by atoms with E-state index < -0.39 is 0 Å². The summed E-state index contributed by atoms with van der Waals surface area (Å²) in [5.41, 5.74) is 11.8. The Labute approximate surface area is 208 Å². The van der Waals surface area contributed by atoms with Crippen molar-refractivity contribution in [3.63, 3.8) is 0 Å². The fourth-order valence-electron chi connectivity index (χ4n) is 4.58. The molecule has 5 rings (SSSR count). The Morgan fingerprint density at radius 2 is 1.75 bits per heavy atom. The van der Waals surface area contributed by atoms with Gasteiger partial charge in [0.25, 0.3) is 11.8 Å². The molecule has 0 aliphatic carbocycles. The average Bonchev–Trinajstić information content (AvgIpc) is 3.52. The highest BCUT2D eigenvalue weighted by atomic mass is 16.2. The van der Waals surface area contributed by atoms with Gasteiger partial charge in [0, 0.05) is 43.2 Å². The third kappa shape index (κ3) is 4.08. The molecule has 4 aromatic rings. The predicted molar refractivity (Wildman–Crippen MR) is 140 cm³/mol. The first kappa shape index (κ1) is 23.2. The Morgan fingerprint density at radius 1 is 1.03 bits per heavy atom. The number of carbonyl (C=O) groups is 2. The number of hydrogen-bond donors (Lipinski definition) is 2. The molecule has 1 saturated heterocycles. The molecule has 1 fully saturated rings. The van der Waals surface area contributed by atoms with E-state index >= 15 is 0 Å². The number of fused-ring (bicyclic) bond motifs is 1. The number of pyridine rings is 1. The van der Waals surface area contributed by atoms with E-state index in [2.05, 4.69) is 26.8 Å². The number of nitrogens with two attached hydrogens (primary N) is 1. The minimum atomic E-state index is -0.233. The smallest absolute Gasteiger partial charge is 0.255 e. The van der Waals surface area contributed by atoms with Crippen molar-refractivity contribution in [2.45, 2.75) is 19.8 Å². The van der Waals surface area contributed by atoms with E-state index in [0.29, 0.717) is 39.4 Å². The Hall–Kier alpha value is -4.53. The van der Waals surface area contributed by atoms with E-state index in [1.54, 1.807) is 13.1 Å². The van der Waals surface area contributed by atoms with Crippen molar-refractivity contribution in [3.05, 3.63) is 66.6 Å². The number of anilines is 2. The number of nitrogens with one attached hydrogen (secondary N) is 1. The summed E-state index contributed by atoms with van der Waals surface area (Å²) in [6.45, 7) is 6.90. The third-order valence-corrected chi connectivity index (χ3v) is 6.46. The lowest BCUT2D eigenvalue weighted by atomic mass is 10.0. The van der Waals surface area contributed by atoms with Gasteiger partial charge in [0.1, 0.15) is 17.8 Å². The molecule has 4 heterocycles. The quantitative estimate of drug-likeness (QED) is 0.416. The van der Waals surface area contributed by atoms with Gasteiger partial charge in [-0.05, 0) is 49.6 Å². The van der Waals surface area contributed by atoms with Crippen LogP contribution >= 0.6 is 0 Å². The lowest BCUT2D eigenvalue weighted by molar-refractivity contribution is -0.112. The average molecular weight is 482 g/mol. The first-order valence-electron chi connectivity index (χ1n) is 11.8. The Kier molecular flexibility index (Phi) is 5.97. The molecule has 9 nitrogen and oxygen atoms in total. The van der Waals surface area contributed by atoms with E-state index in [1.807, 2.05) is 52.9 Å². The second kappa shape index (κ2) is 9.26. The maximum Gasteiger partial charge on any atom is 0.255 e. The number of nitrogen functional groups attached to an aromatic ring is 1. The van der Waals surface area contributed by atoms with Gasteiger partial charge >= 0.3 is 0 Å². The van der Waals surface area contributed by atoms with Crippen molar-refractivity contribution in [3.8, 4) is 22.5 Å². The summed E-state index contributed by atoms with van der Waals surface area (Å²) in [7, 11) is 1.91. The lowest BCUT2D eigenvalue weighted by Crippen LogP contribution is -2.27. The largest absolute Gasteiger partial charge is 0.383 e. The highest BCUT2D eigenvalue weighted by Crippen LogP contribution is 2.41. The molecule has 2 amide bonds. The van der Waals surface area contributed by atoms with Gasteiger partial charge in [-0.2, -0.15) is 0 Å². The molecule has 0 bridgehead atoms. The van der Waals surface area contributed by atoms with Crippen molar-refractivity contribution >= 4 is 34.4 Å². The van der Waals surface area contributed by atoms with Crippen molar-refractivity contribution < 1.29 is 9.59 Å². The van der Waals surface area contributed by atoms with Crippen LogP contribution in [0.25, 0.3) is 33.5 Å². The molecule has 182 valence electrons. The number of nitrogens with zero attached hydrogens (tertiary/aromatic N) is 5. The molecule has 1 aliphatic rings. The maximum absolute atomic E-state index is 12.8. The number of hydrogen-bond acceptors (Lipinski definition) is 6. The maximum atomic E-state index is 12.8. The Balaban J connectivity index is 1.59. The van der Waals surface area contributed by atoms with Crippen LogP contribution in [0.3, 0.4) is 0 Å². The first-order valence-corrected chi connectivity index (χ1v) is 11.8. The van der Waals surface area contributed by atoms with E-state index in [9.17, 15) is 9.59 Å². The molecule has 1 aliphatic heterocycles. The summed E-state index contributed by atoms with van der Waals surface area (Å²) >= 11 is 0. The fourth-order valence-corrected chi connectivity index (χ4v) is 4.58. The number of likely N-dealkylation sites (tertiary alicyclic amines) is 1. The summed E-state index contributed by atoms with van der Waals surface area (Å²) < 4.78 is 1.95. The molecular weight excluding hydrogens is 454 g/mol. The molecule has 0 atom stereocenters. The van der Waals surface area contributed by atoms with Crippen LogP contribution in [0.4, 0.5) is 11.5 Å². The molecule has 0 unspecified atom stereocenters. The van der Waals surface area contributed by atoms with Crippen LogP contribution in [0.2, 0.25) is 0 Å². The fraction of sp³-hybridized carbons (Fsp3) is 0.222. The number of aromatic nitrogens is 4. The number of aryl methyl sites for hydroxylation is 1. The number of rotatable bonds is 5. The van der Waals surface area contributed by atoms with Gasteiger partial charge in [-0.25, -0.2) is 9.97 Å². The van der Waals surface area contributed by atoms with Gasteiger partial charge in [0.2, 0.25) is 0 Å². The molecule has 0 saturated carbocycles.